The molecule has 6 nitrogen and oxygen atoms in total. The first kappa shape index (κ1) is 22.2. The fourth-order valence-corrected chi connectivity index (χ4v) is 3.45. The van der Waals surface area contributed by atoms with Crippen molar-refractivity contribution in [2.75, 3.05) is 32.7 Å². The summed E-state index contributed by atoms with van der Waals surface area (Å²) in [6.07, 6.45) is 0.714. The molecule has 0 aromatic heterocycles. The minimum atomic E-state index is -0.911. The van der Waals surface area contributed by atoms with Crippen LogP contribution in [0.2, 0.25) is 0 Å². The molecule has 1 saturated heterocycles. The van der Waals surface area contributed by atoms with Crippen LogP contribution in [0.15, 0.2) is 18.2 Å². The lowest BCUT2D eigenvalue weighted by atomic mass is 10.1. The van der Waals surface area contributed by atoms with E-state index in [1.54, 1.807) is 13.8 Å². The van der Waals surface area contributed by atoms with Gasteiger partial charge in [-0.2, -0.15) is 0 Å². The van der Waals surface area contributed by atoms with Gasteiger partial charge in [0, 0.05) is 51.3 Å². The smallest absolute Gasteiger partial charge is 0.254 e. The van der Waals surface area contributed by atoms with Crippen LogP contribution in [0.5, 0.6) is 0 Å². The zero-order valence-electron chi connectivity index (χ0n) is 16.7. The summed E-state index contributed by atoms with van der Waals surface area (Å²) in [4.78, 5) is 28.3. The fraction of sp³-hybridized carbons (Fsp3) is 0.600. The molecule has 1 heterocycles. The van der Waals surface area contributed by atoms with E-state index < -0.39 is 23.1 Å². The molecule has 0 bridgehead atoms. The highest BCUT2D eigenvalue weighted by atomic mass is 19.1. The van der Waals surface area contributed by atoms with Gasteiger partial charge in [0.05, 0.1) is 11.2 Å². The molecule has 2 amide bonds. The second kappa shape index (κ2) is 9.43. The van der Waals surface area contributed by atoms with Crippen molar-refractivity contribution in [3.05, 3.63) is 35.4 Å². The van der Waals surface area contributed by atoms with Crippen molar-refractivity contribution in [1.29, 1.82) is 0 Å². The Balaban J connectivity index is 1.73. The summed E-state index contributed by atoms with van der Waals surface area (Å²) in [6, 6.07) is 2.84. The molecule has 1 fully saturated rings. The number of nitrogens with zero attached hydrogens (tertiary/aromatic N) is 2. The molecule has 2 N–H and O–H groups in total. The van der Waals surface area contributed by atoms with Gasteiger partial charge >= 0.3 is 0 Å². The van der Waals surface area contributed by atoms with Gasteiger partial charge in [0.25, 0.3) is 5.91 Å². The lowest BCUT2D eigenvalue weighted by Crippen LogP contribution is -2.56. The number of aliphatic hydroxyl groups is 1. The molecule has 1 aromatic rings. The molecule has 0 aliphatic carbocycles. The second-order valence-corrected chi connectivity index (χ2v) is 7.97. The van der Waals surface area contributed by atoms with E-state index in [1.165, 1.54) is 0 Å². The molecule has 0 spiro atoms. The SMILES string of the molecule is CC1CN(CC(C)(C)O)CCN1C(=O)CCCNC(=O)c1ccc(F)cc1F. The first-order valence-electron chi connectivity index (χ1n) is 9.54. The van der Waals surface area contributed by atoms with E-state index in [4.69, 9.17) is 0 Å². The summed E-state index contributed by atoms with van der Waals surface area (Å²) in [6.45, 7) is 8.32. The number of piperazine rings is 1. The van der Waals surface area contributed by atoms with Crippen LogP contribution in [-0.2, 0) is 4.79 Å². The van der Waals surface area contributed by atoms with Crippen molar-refractivity contribution in [2.45, 2.75) is 45.3 Å². The molecular weight excluding hydrogens is 368 g/mol. The Bertz CT molecular complexity index is 706. The third-order valence-corrected chi connectivity index (χ3v) is 4.67. The number of hydrogen-bond acceptors (Lipinski definition) is 4. The highest BCUT2D eigenvalue weighted by Gasteiger charge is 2.29. The monoisotopic (exact) mass is 397 g/mol. The maximum atomic E-state index is 13.6. The van der Waals surface area contributed by atoms with E-state index in [0.717, 1.165) is 12.1 Å². The Morgan fingerprint density at radius 1 is 1.29 bits per heavy atom. The summed E-state index contributed by atoms with van der Waals surface area (Å²) < 4.78 is 26.5. The van der Waals surface area contributed by atoms with Gasteiger partial charge in [-0.1, -0.05) is 0 Å². The zero-order valence-corrected chi connectivity index (χ0v) is 16.7. The van der Waals surface area contributed by atoms with E-state index in [-0.39, 0.29) is 30.5 Å². The molecule has 0 radical (unpaired) electrons. The Hall–Kier alpha value is -2.06. The highest BCUT2D eigenvalue weighted by Crippen LogP contribution is 2.15. The number of carbonyl (C=O) groups is 2. The Morgan fingerprint density at radius 2 is 2.00 bits per heavy atom. The van der Waals surface area contributed by atoms with Crippen LogP contribution in [0.3, 0.4) is 0 Å². The number of carbonyl (C=O) groups excluding carboxylic acids is 2. The summed E-state index contributed by atoms with van der Waals surface area (Å²) in [5, 5.41) is 12.5. The normalized spacial score (nSPS) is 18.2. The maximum Gasteiger partial charge on any atom is 0.254 e. The lowest BCUT2D eigenvalue weighted by Gasteiger charge is -2.41. The van der Waals surface area contributed by atoms with E-state index in [2.05, 4.69) is 10.2 Å². The van der Waals surface area contributed by atoms with Crippen LogP contribution in [0.25, 0.3) is 0 Å². The second-order valence-electron chi connectivity index (χ2n) is 7.97. The molecule has 1 aliphatic heterocycles. The summed E-state index contributed by atoms with van der Waals surface area (Å²) >= 11 is 0. The number of halogens is 2. The van der Waals surface area contributed by atoms with E-state index in [1.807, 2.05) is 11.8 Å². The van der Waals surface area contributed by atoms with Gasteiger partial charge in [-0.25, -0.2) is 8.78 Å². The molecule has 1 aliphatic rings. The van der Waals surface area contributed by atoms with Gasteiger partial charge in [-0.3, -0.25) is 14.5 Å². The fourth-order valence-electron chi connectivity index (χ4n) is 3.45. The molecule has 8 heteroatoms. The molecule has 2 rings (SSSR count). The van der Waals surface area contributed by atoms with Crippen LogP contribution in [-0.4, -0.2) is 71.1 Å². The molecule has 1 aromatic carbocycles. The van der Waals surface area contributed by atoms with Gasteiger partial charge in [-0.05, 0) is 39.3 Å². The van der Waals surface area contributed by atoms with E-state index >= 15 is 0 Å². The van der Waals surface area contributed by atoms with Crippen LogP contribution in [0, 0.1) is 11.6 Å². The van der Waals surface area contributed by atoms with Crippen LogP contribution in [0.1, 0.15) is 44.0 Å². The molecule has 1 atom stereocenters. The van der Waals surface area contributed by atoms with Gasteiger partial charge in [0.15, 0.2) is 0 Å². The Kier molecular flexibility index (Phi) is 7.48. The van der Waals surface area contributed by atoms with Crippen molar-refractivity contribution in [1.82, 2.24) is 15.1 Å². The van der Waals surface area contributed by atoms with Gasteiger partial charge < -0.3 is 15.3 Å². The Labute approximate surface area is 164 Å². The summed E-state index contributed by atoms with van der Waals surface area (Å²) in [5.41, 5.74) is -0.988. The number of β-amino-alcohol motifs (C(OH)–C–C–N with tert-alkyl or cyclic N) is 1. The molecule has 156 valence electrons. The van der Waals surface area contributed by atoms with Gasteiger partial charge in [0.2, 0.25) is 5.91 Å². The average Bonchev–Trinajstić information content (AvgIpc) is 2.57. The third-order valence-electron chi connectivity index (χ3n) is 4.67. The topological polar surface area (TPSA) is 72.9 Å². The molecule has 28 heavy (non-hydrogen) atoms. The van der Waals surface area contributed by atoms with Gasteiger partial charge in [0.1, 0.15) is 11.6 Å². The average molecular weight is 397 g/mol. The number of amides is 2. The van der Waals surface area contributed by atoms with Crippen molar-refractivity contribution in [2.24, 2.45) is 0 Å². The van der Waals surface area contributed by atoms with E-state index in [0.29, 0.717) is 38.7 Å². The highest BCUT2D eigenvalue weighted by molar-refractivity contribution is 5.94. The number of benzene rings is 1. The quantitative estimate of drug-likeness (QED) is 0.688. The third kappa shape index (κ3) is 6.53. The molecule has 0 saturated carbocycles. The number of hydrogen-bond donors (Lipinski definition) is 2. The zero-order chi connectivity index (χ0) is 20.9. The summed E-state index contributed by atoms with van der Waals surface area (Å²) in [7, 11) is 0. The van der Waals surface area contributed by atoms with Crippen molar-refractivity contribution >= 4 is 11.8 Å². The first-order chi connectivity index (χ1) is 13.1. The standard InChI is InChI=1S/C20H29F2N3O3/c1-14-12-24(13-20(2,3)28)9-10-25(14)18(26)5-4-8-23-19(27)16-7-6-15(21)11-17(16)22/h6-7,11,14,28H,4-5,8-10,12-13H2,1-3H3,(H,23,27). The minimum Gasteiger partial charge on any atom is -0.389 e. The van der Waals surface area contributed by atoms with Crippen molar-refractivity contribution < 1.29 is 23.5 Å². The van der Waals surface area contributed by atoms with Crippen LogP contribution >= 0.6 is 0 Å². The van der Waals surface area contributed by atoms with E-state index in [9.17, 15) is 23.5 Å². The summed E-state index contributed by atoms with van der Waals surface area (Å²) in [5.74, 6) is -2.26. The number of nitrogens with one attached hydrogen (secondary N) is 1. The predicted octanol–water partition coefficient (Wildman–Crippen LogP) is 1.78. The van der Waals surface area contributed by atoms with Crippen molar-refractivity contribution in [3.8, 4) is 0 Å². The first-order valence-corrected chi connectivity index (χ1v) is 9.54. The molecule has 1 unspecified atom stereocenters. The predicted molar refractivity (Wildman–Crippen MR) is 102 cm³/mol. The van der Waals surface area contributed by atoms with Crippen LogP contribution < -0.4 is 5.32 Å². The largest absolute Gasteiger partial charge is 0.389 e. The number of rotatable bonds is 7. The van der Waals surface area contributed by atoms with Crippen molar-refractivity contribution in [3.63, 3.8) is 0 Å². The minimum absolute atomic E-state index is 0.0117. The Morgan fingerprint density at radius 3 is 2.61 bits per heavy atom. The lowest BCUT2D eigenvalue weighted by molar-refractivity contribution is -0.136. The van der Waals surface area contributed by atoms with Crippen LogP contribution in [0.4, 0.5) is 8.78 Å². The maximum absolute atomic E-state index is 13.6. The molecular formula is C20H29F2N3O3. The van der Waals surface area contributed by atoms with Gasteiger partial charge in [-0.15, -0.1) is 0 Å².